The number of methoxy groups -OCH3 is 1. The van der Waals surface area contributed by atoms with Gasteiger partial charge in [0, 0.05) is 25.1 Å². The van der Waals surface area contributed by atoms with Crippen molar-refractivity contribution in [3.63, 3.8) is 0 Å². The molecule has 0 heterocycles. The zero-order chi connectivity index (χ0) is 28.1. The number of nitrogens with one attached hydrogen (secondary N) is 3. The van der Waals surface area contributed by atoms with Crippen LogP contribution in [0, 0.1) is 0 Å². The average Bonchev–Trinajstić information content (AvgIpc) is 2.81. The lowest BCUT2D eigenvalue weighted by molar-refractivity contribution is -0.143. The number of unbranched alkanes of at least 4 members (excludes halogenated alkanes) is 9. The lowest BCUT2D eigenvalue weighted by Crippen LogP contribution is -2.44. The van der Waals surface area contributed by atoms with Crippen molar-refractivity contribution in [1.82, 2.24) is 16.0 Å². The lowest BCUT2D eigenvalue weighted by atomic mass is 10.1. The summed E-state index contributed by atoms with van der Waals surface area (Å²) < 4.78 is 9.96. The van der Waals surface area contributed by atoms with Gasteiger partial charge in [0.2, 0.25) is 11.8 Å². The molecule has 37 heavy (non-hydrogen) atoms. The predicted octanol–water partition coefficient (Wildman–Crippen LogP) is 4.93. The fourth-order valence-corrected chi connectivity index (χ4v) is 3.63. The summed E-state index contributed by atoms with van der Waals surface area (Å²) in [4.78, 5) is 47.3. The van der Waals surface area contributed by atoms with Gasteiger partial charge in [-0.25, -0.2) is 9.59 Å². The van der Waals surface area contributed by atoms with E-state index < -0.39 is 23.7 Å². The van der Waals surface area contributed by atoms with Crippen molar-refractivity contribution in [1.29, 1.82) is 0 Å². The van der Waals surface area contributed by atoms with Gasteiger partial charge >= 0.3 is 12.1 Å². The monoisotopic (exact) mass is 525 g/mol. The van der Waals surface area contributed by atoms with Gasteiger partial charge in [-0.2, -0.15) is 0 Å². The first-order valence-corrected chi connectivity index (χ1v) is 13.7. The second kappa shape index (κ2) is 20.5. The maximum absolute atomic E-state index is 12.0. The van der Waals surface area contributed by atoms with E-state index in [-0.39, 0.29) is 11.8 Å². The molecular weight excluding hydrogens is 474 g/mol. The number of hydrogen-bond acceptors (Lipinski definition) is 6. The van der Waals surface area contributed by atoms with E-state index in [4.69, 9.17) is 9.47 Å². The molecule has 0 saturated heterocycles. The van der Waals surface area contributed by atoms with Gasteiger partial charge in [-0.05, 0) is 59.8 Å². The minimum absolute atomic E-state index is 0.0511. The Bertz CT molecular complexity index is 703. The van der Waals surface area contributed by atoms with E-state index in [2.05, 4.69) is 22.5 Å². The number of amides is 3. The first-order chi connectivity index (χ1) is 17.5. The molecular formula is C28H51N3O6. The molecule has 0 radical (unpaired) electrons. The predicted molar refractivity (Wildman–Crippen MR) is 146 cm³/mol. The number of hydrogen-bond donors (Lipinski definition) is 3. The molecule has 0 aromatic carbocycles. The van der Waals surface area contributed by atoms with Crippen LogP contribution in [0.2, 0.25) is 0 Å². The molecule has 1 atom stereocenters. The van der Waals surface area contributed by atoms with Crippen LogP contribution in [0.25, 0.3) is 0 Å². The van der Waals surface area contributed by atoms with Gasteiger partial charge in [-0.1, -0.05) is 51.5 Å². The lowest BCUT2D eigenvalue weighted by Gasteiger charge is -2.22. The van der Waals surface area contributed by atoms with Crippen LogP contribution in [-0.4, -0.2) is 55.7 Å². The molecule has 3 amide bonds. The number of rotatable bonds is 20. The van der Waals surface area contributed by atoms with E-state index in [0.717, 1.165) is 32.1 Å². The largest absolute Gasteiger partial charge is 0.467 e. The molecule has 9 nitrogen and oxygen atoms in total. The van der Waals surface area contributed by atoms with E-state index in [1.54, 1.807) is 27.7 Å². The minimum Gasteiger partial charge on any atom is -0.467 e. The molecule has 0 aromatic rings. The molecule has 1 unspecified atom stereocenters. The summed E-state index contributed by atoms with van der Waals surface area (Å²) in [7, 11) is 1.28. The second-order valence-electron chi connectivity index (χ2n) is 10.5. The van der Waals surface area contributed by atoms with Crippen molar-refractivity contribution < 1.29 is 28.7 Å². The summed E-state index contributed by atoms with van der Waals surface area (Å²) in [5.41, 5.74) is -0.101. The Kier molecular flexibility index (Phi) is 19.0. The number of ether oxygens (including phenoxy) is 2. The standard InChI is InChI=1S/C28H51N3O6/c1-22(2)25(33)30-21-16-13-11-9-7-8-10-12-14-19-24(32)29-20-17-15-18-23(26(34)36-6)31-27(35)37-28(3,4)5/h23H,1,7-21H2,2-6H3,(H,29,32)(H,30,33)(H,31,35). The van der Waals surface area contributed by atoms with Crippen LogP contribution in [-0.2, 0) is 23.9 Å². The highest BCUT2D eigenvalue weighted by Crippen LogP contribution is 2.11. The highest BCUT2D eigenvalue weighted by molar-refractivity contribution is 5.92. The quantitative estimate of drug-likeness (QED) is 0.118. The molecule has 0 bridgehead atoms. The molecule has 0 aliphatic carbocycles. The second-order valence-corrected chi connectivity index (χ2v) is 10.5. The molecule has 0 aromatic heterocycles. The minimum atomic E-state index is -0.773. The van der Waals surface area contributed by atoms with Crippen molar-refractivity contribution in [2.45, 2.75) is 123 Å². The summed E-state index contributed by atoms with van der Waals surface area (Å²) in [5, 5.41) is 8.33. The Labute approximate surface area is 223 Å². The van der Waals surface area contributed by atoms with Gasteiger partial charge in [0.15, 0.2) is 0 Å². The Morgan fingerprint density at radius 2 is 1.30 bits per heavy atom. The number of alkyl carbamates (subject to hydrolysis) is 1. The first-order valence-electron chi connectivity index (χ1n) is 13.7. The first kappa shape index (κ1) is 34.4. The fraction of sp³-hybridized carbons (Fsp3) is 0.786. The maximum atomic E-state index is 12.0. The van der Waals surface area contributed by atoms with Crippen molar-refractivity contribution in [3.05, 3.63) is 12.2 Å². The average molecular weight is 526 g/mol. The van der Waals surface area contributed by atoms with Gasteiger partial charge in [-0.15, -0.1) is 0 Å². The van der Waals surface area contributed by atoms with Crippen LogP contribution in [0.5, 0.6) is 0 Å². The molecule has 0 aliphatic rings. The van der Waals surface area contributed by atoms with Gasteiger partial charge in [0.05, 0.1) is 7.11 Å². The molecule has 214 valence electrons. The molecule has 9 heteroatoms. The maximum Gasteiger partial charge on any atom is 0.408 e. The normalized spacial score (nSPS) is 11.8. The van der Waals surface area contributed by atoms with Crippen molar-refractivity contribution in [2.24, 2.45) is 0 Å². The summed E-state index contributed by atoms with van der Waals surface area (Å²) in [6, 6.07) is -0.773. The zero-order valence-corrected chi connectivity index (χ0v) is 23.8. The number of carbonyl (C=O) groups is 4. The van der Waals surface area contributed by atoms with E-state index in [1.165, 1.54) is 32.8 Å². The van der Waals surface area contributed by atoms with Crippen LogP contribution in [0.4, 0.5) is 4.79 Å². The molecule has 0 spiro atoms. The zero-order valence-electron chi connectivity index (χ0n) is 23.8. The summed E-state index contributed by atoms with van der Waals surface area (Å²) in [6.07, 6.45) is 11.6. The summed E-state index contributed by atoms with van der Waals surface area (Å²) in [5.74, 6) is -0.526. The Hall–Kier alpha value is -2.58. The Morgan fingerprint density at radius 1 is 0.784 bits per heavy atom. The van der Waals surface area contributed by atoms with E-state index in [9.17, 15) is 19.2 Å². The SMILES string of the molecule is C=C(C)C(=O)NCCCCCCCCCCCC(=O)NCCCCC(NC(=O)OC(C)(C)C)C(=O)OC. The third-order valence-corrected chi connectivity index (χ3v) is 5.67. The summed E-state index contributed by atoms with van der Waals surface area (Å²) in [6.45, 7) is 11.8. The number of esters is 1. The molecule has 0 rings (SSSR count). The smallest absolute Gasteiger partial charge is 0.408 e. The van der Waals surface area contributed by atoms with Crippen LogP contribution in [0.15, 0.2) is 12.2 Å². The Morgan fingerprint density at radius 3 is 1.84 bits per heavy atom. The van der Waals surface area contributed by atoms with Gasteiger partial charge in [0.1, 0.15) is 11.6 Å². The van der Waals surface area contributed by atoms with Crippen LogP contribution in [0.3, 0.4) is 0 Å². The third kappa shape index (κ3) is 21.2. The highest BCUT2D eigenvalue weighted by atomic mass is 16.6. The van der Waals surface area contributed by atoms with Gasteiger partial charge < -0.3 is 25.4 Å². The van der Waals surface area contributed by atoms with E-state index in [0.29, 0.717) is 44.3 Å². The summed E-state index contributed by atoms with van der Waals surface area (Å²) >= 11 is 0. The molecule has 0 aliphatic heterocycles. The van der Waals surface area contributed by atoms with Gasteiger partial charge in [0.25, 0.3) is 0 Å². The van der Waals surface area contributed by atoms with Gasteiger partial charge in [-0.3, -0.25) is 9.59 Å². The van der Waals surface area contributed by atoms with Crippen molar-refractivity contribution in [2.75, 3.05) is 20.2 Å². The fourth-order valence-electron chi connectivity index (χ4n) is 3.63. The Balaban J connectivity index is 3.71. The van der Waals surface area contributed by atoms with E-state index >= 15 is 0 Å². The molecule has 3 N–H and O–H groups in total. The third-order valence-electron chi connectivity index (χ3n) is 5.67. The van der Waals surface area contributed by atoms with Crippen molar-refractivity contribution in [3.8, 4) is 0 Å². The van der Waals surface area contributed by atoms with Crippen LogP contribution >= 0.6 is 0 Å². The van der Waals surface area contributed by atoms with Crippen LogP contribution < -0.4 is 16.0 Å². The number of carbonyl (C=O) groups excluding carboxylic acids is 4. The molecule has 0 fully saturated rings. The molecule has 0 saturated carbocycles. The van der Waals surface area contributed by atoms with Crippen LogP contribution in [0.1, 0.15) is 111 Å². The van der Waals surface area contributed by atoms with E-state index in [1.807, 2.05) is 0 Å². The topological polar surface area (TPSA) is 123 Å². The van der Waals surface area contributed by atoms with Crippen molar-refractivity contribution >= 4 is 23.9 Å². The highest BCUT2D eigenvalue weighted by Gasteiger charge is 2.24.